The van der Waals surface area contributed by atoms with Crippen molar-refractivity contribution in [3.05, 3.63) is 125 Å². The summed E-state index contributed by atoms with van der Waals surface area (Å²) < 4.78 is 15.9. The highest BCUT2D eigenvalue weighted by atomic mass is 35.5. The normalized spacial score (nSPS) is 12.9. The Kier molecular flexibility index (Phi) is 14.5. The number of anilines is 1. The Labute approximate surface area is 331 Å². The third-order valence-corrected chi connectivity index (χ3v) is 9.14. The van der Waals surface area contributed by atoms with Crippen LogP contribution in [0.4, 0.5) is 20.1 Å². The van der Waals surface area contributed by atoms with Crippen molar-refractivity contribution in [1.29, 1.82) is 0 Å². The van der Waals surface area contributed by atoms with E-state index in [4.69, 9.17) is 25.8 Å². The van der Waals surface area contributed by atoms with Gasteiger partial charge in [0.2, 0.25) is 11.8 Å². The minimum Gasteiger partial charge on any atom is -0.449 e. The first-order valence-electron chi connectivity index (χ1n) is 18.5. The minimum atomic E-state index is -1.05. The number of carbonyl (C=O) groups excluding carboxylic acids is 5. The van der Waals surface area contributed by atoms with Gasteiger partial charge in [-0.2, -0.15) is 0 Å². The SMILES string of the molecule is CC(C)(C)OC(=O)N[C@@H](Cc1ccccc1)C(=O)NC(CCCCNC(=O)OCC1c2ccccc2-c2ccccc21)C(=O)Nc1ccc(COC(=O)Cl)cc1. The lowest BCUT2D eigenvalue weighted by Crippen LogP contribution is -2.54. The van der Waals surface area contributed by atoms with Crippen LogP contribution in [-0.2, 0) is 36.8 Å². The highest BCUT2D eigenvalue weighted by Crippen LogP contribution is 2.44. The third kappa shape index (κ3) is 12.3. The lowest BCUT2D eigenvalue weighted by molar-refractivity contribution is -0.128. The van der Waals surface area contributed by atoms with Crippen molar-refractivity contribution in [2.24, 2.45) is 0 Å². The number of rotatable bonds is 16. The van der Waals surface area contributed by atoms with E-state index in [1.165, 1.54) is 0 Å². The molecule has 0 saturated carbocycles. The van der Waals surface area contributed by atoms with Crippen molar-refractivity contribution in [2.75, 3.05) is 18.5 Å². The second-order valence-corrected chi connectivity index (χ2v) is 14.7. The van der Waals surface area contributed by atoms with Crippen LogP contribution >= 0.6 is 11.6 Å². The molecule has 0 aliphatic heterocycles. The van der Waals surface area contributed by atoms with Crippen LogP contribution in [0.15, 0.2) is 103 Å². The van der Waals surface area contributed by atoms with E-state index in [9.17, 15) is 24.0 Å². The topological polar surface area (TPSA) is 161 Å². The molecular weight excluding hydrogens is 736 g/mol. The van der Waals surface area contributed by atoms with E-state index < -0.39 is 47.1 Å². The molecule has 0 heterocycles. The lowest BCUT2D eigenvalue weighted by Gasteiger charge is -2.25. The van der Waals surface area contributed by atoms with Gasteiger partial charge in [0.15, 0.2) is 0 Å². The number of unbranched alkanes of at least 4 members (excludes halogenated alkanes) is 1. The summed E-state index contributed by atoms with van der Waals surface area (Å²) in [5.41, 5.74) is 4.69. The van der Waals surface area contributed by atoms with Gasteiger partial charge < -0.3 is 35.5 Å². The van der Waals surface area contributed by atoms with E-state index in [1.54, 1.807) is 45.0 Å². The summed E-state index contributed by atoms with van der Waals surface area (Å²) in [6.07, 6.45) is -0.00387. The summed E-state index contributed by atoms with van der Waals surface area (Å²) in [7, 11) is 0. The van der Waals surface area contributed by atoms with Crippen LogP contribution in [0.3, 0.4) is 0 Å². The van der Waals surface area contributed by atoms with Gasteiger partial charge in [0.25, 0.3) is 0 Å². The Morgan fingerprint density at radius 2 is 1.30 bits per heavy atom. The number of hydrogen-bond donors (Lipinski definition) is 4. The Hall–Kier alpha value is -5.88. The molecule has 294 valence electrons. The molecule has 1 unspecified atom stereocenters. The van der Waals surface area contributed by atoms with Gasteiger partial charge in [0.1, 0.15) is 30.9 Å². The predicted molar refractivity (Wildman–Crippen MR) is 213 cm³/mol. The lowest BCUT2D eigenvalue weighted by atomic mass is 9.98. The third-order valence-electron chi connectivity index (χ3n) is 9.03. The molecule has 0 bridgehead atoms. The Bertz CT molecular complexity index is 1940. The van der Waals surface area contributed by atoms with E-state index in [-0.39, 0.29) is 38.5 Å². The van der Waals surface area contributed by atoms with E-state index in [1.807, 2.05) is 54.6 Å². The van der Waals surface area contributed by atoms with Gasteiger partial charge in [-0.1, -0.05) is 91.0 Å². The van der Waals surface area contributed by atoms with Crippen LogP contribution in [-0.4, -0.2) is 60.3 Å². The molecule has 1 aliphatic carbocycles. The van der Waals surface area contributed by atoms with Crippen LogP contribution in [0.2, 0.25) is 0 Å². The first-order valence-corrected chi connectivity index (χ1v) is 18.9. The minimum absolute atomic E-state index is 0.0350. The molecular formula is C43H47ClN4O8. The summed E-state index contributed by atoms with van der Waals surface area (Å²) in [6, 6.07) is 29.9. The maximum atomic E-state index is 13.8. The average molecular weight is 783 g/mol. The van der Waals surface area contributed by atoms with Gasteiger partial charge in [-0.15, -0.1) is 0 Å². The van der Waals surface area contributed by atoms with E-state index in [0.717, 1.165) is 27.8 Å². The van der Waals surface area contributed by atoms with Gasteiger partial charge in [-0.25, -0.2) is 14.4 Å². The predicted octanol–water partition coefficient (Wildman–Crippen LogP) is 7.83. The van der Waals surface area contributed by atoms with Gasteiger partial charge in [0, 0.05) is 36.2 Å². The second kappa shape index (κ2) is 19.6. The van der Waals surface area contributed by atoms with Crippen molar-refractivity contribution in [3.63, 3.8) is 0 Å². The molecule has 12 nitrogen and oxygen atoms in total. The fraction of sp³-hybridized carbons (Fsp3) is 0.326. The van der Waals surface area contributed by atoms with Gasteiger partial charge in [-0.05, 0) is 85.5 Å². The largest absolute Gasteiger partial charge is 0.449 e. The van der Waals surface area contributed by atoms with Crippen LogP contribution in [0.5, 0.6) is 0 Å². The van der Waals surface area contributed by atoms with Gasteiger partial charge >= 0.3 is 17.6 Å². The summed E-state index contributed by atoms with van der Waals surface area (Å²) >= 11 is 5.26. The molecule has 56 heavy (non-hydrogen) atoms. The zero-order chi connectivity index (χ0) is 40.1. The molecule has 5 rings (SSSR count). The first kappa shape index (κ1) is 41.3. The quantitative estimate of drug-likeness (QED) is 0.0508. The molecule has 4 aromatic rings. The number of ether oxygens (including phenoxy) is 3. The number of fused-ring (bicyclic) bond motifs is 3. The fourth-order valence-electron chi connectivity index (χ4n) is 6.42. The smallest absolute Gasteiger partial charge is 0.408 e. The van der Waals surface area contributed by atoms with Crippen molar-refractivity contribution in [2.45, 2.75) is 76.7 Å². The Morgan fingerprint density at radius 3 is 1.93 bits per heavy atom. The van der Waals surface area contributed by atoms with E-state index in [2.05, 4.69) is 45.5 Å². The standard InChI is InChI=1S/C43H47ClN4O8/c1-43(2,3)56-42(53)48-37(25-28-13-5-4-6-14-28)39(50)47-36(38(49)46-30-22-20-29(21-23-30)26-54-40(44)51)19-11-12-24-45-41(52)55-27-35-33-17-9-7-15-31(33)32-16-8-10-18-34(32)35/h4-10,13-18,20-23,35-37H,11-12,19,24-27H2,1-3H3,(H,45,52)(H,46,49)(H,47,50)(H,48,53)/t36?,37-/m0/s1. The number of nitrogens with one attached hydrogen (secondary N) is 4. The zero-order valence-electron chi connectivity index (χ0n) is 31.6. The first-order chi connectivity index (χ1) is 26.9. The highest BCUT2D eigenvalue weighted by Gasteiger charge is 2.30. The maximum Gasteiger partial charge on any atom is 0.408 e. The average Bonchev–Trinajstić information content (AvgIpc) is 3.49. The molecule has 4 aromatic carbocycles. The molecule has 0 fully saturated rings. The molecule has 0 spiro atoms. The van der Waals surface area contributed by atoms with Gasteiger partial charge in [0.05, 0.1) is 0 Å². The summed E-state index contributed by atoms with van der Waals surface area (Å²) in [6.45, 7) is 5.60. The summed E-state index contributed by atoms with van der Waals surface area (Å²) in [5.74, 6) is -1.13. The van der Waals surface area contributed by atoms with Gasteiger partial charge in [-0.3, -0.25) is 9.59 Å². The molecule has 13 heteroatoms. The Balaban J connectivity index is 1.19. The number of amides is 4. The monoisotopic (exact) mass is 782 g/mol. The van der Waals surface area contributed by atoms with Crippen LogP contribution in [0.25, 0.3) is 11.1 Å². The fourth-order valence-corrected chi connectivity index (χ4v) is 6.47. The summed E-state index contributed by atoms with van der Waals surface area (Å²) in [5, 5.41) is 11.1. The number of alkyl carbamates (subject to hydrolysis) is 2. The number of benzene rings is 4. The number of hydrogen-bond acceptors (Lipinski definition) is 8. The van der Waals surface area contributed by atoms with Crippen molar-refractivity contribution >= 4 is 46.7 Å². The van der Waals surface area contributed by atoms with Crippen LogP contribution in [0, 0.1) is 0 Å². The molecule has 2 atom stereocenters. The molecule has 0 radical (unpaired) electrons. The molecule has 4 amide bonds. The van der Waals surface area contributed by atoms with E-state index in [0.29, 0.717) is 24.1 Å². The number of carbonyl (C=O) groups is 5. The maximum absolute atomic E-state index is 13.8. The van der Waals surface area contributed by atoms with E-state index >= 15 is 0 Å². The molecule has 0 aromatic heterocycles. The van der Waals surface area contributed by atoms with Crippen LogP contribution in [0.1, 0.15) is 68.2 Å². The highest BCUT2D eigenvalue weighted by molar-refractivity contribution is 6.61. The number of halogens is 1. The Morgan fingerprint density at radius 1 is 0.679 bits per heavy atom. The van der Waals surface area contributed by atoms with Crippen molar-refractivity contribution in [1.82, 2.24) is 16.0 Å². The van der Waals surface area contributed by atoms with Crippen molar-refractivity contribution < 1.29 is 38.2 Å². The second-order valence-electron chi connectivity index (χ2n) is 14.4. The molecule has 1 aliphatic rings. The molecule has 4 N–H and O–H groups in total. The summed E-state index contributed by atoms with van der Waals surface area (Å²) in [4.78, 5) is 64.0. The van der Waals surface area contributed by atoms with Crippen molar-refractivity contribution in [3.8, 4) is 11.1 Å². The molecule has 0 saturated heterocycles. The van der Waals surface area contributed by atoms with Crippen LogP contribution < -0.4 is 21.3 Å². The zero-order valence-corrected chi connectivity index (χ0v) is 32.4.